The number of benzene rings is 1. The summed E-state index contributed by atoms with van der Waals surface area (Å²) in [5.74, 6) is 0.404. The summed E-state index contributed by atoms with van der Waals surface area (Å²) in [5, 5.41) is 0.590. The number of ether oxygens (including phenoxy) is 3. The lowest BCUT2D eigenvalue weighted by Gasteiger charge is -2.14. The first-order valence-corrected chi connectivity index (χ1v) is 5.85. The highest BCUT2D eigenvalue weighted by molar-refractivity contribution is 5.89. The summed E-state index contributed by atoms with van der Waals surface area (Å²) in [7, 11) is 4.24. The van der Waals surface area contributed by atoms with Crippen molar-refractivity contribution < 1.29 is 23.4 Å². The van der Waals surface area contributed by atoms with Gasteiger partial charge in [0, 0.05) is 17.7 Å². The van der Waals surface area contributed by atoms with Crippen molar-refractivity contribution in [2.24, 2.45) is 0 Å². The molecular weight excluding hydrogens is 264 g/mol. The highest BCUT2D eigenvalue weighted by Gasteiger charge is 2.19. The van der Waals surface area contributed by atoms with E-state index in [-0.39, 0.29) is 6.42 Å². The third-order valence-electron chi connectivity index (χ3n) is 2.91. The summed E-state index contributed by atoms with van der Waals surface area (Å²) in [4.78, 5) is 22.8. The van der Waals surface area contributed by atoms with Gasteiger partial charge < -0.3 is 18.6 Å². The zero-order valence-corrected chi connectivity index (χ0v) is 11.4. The fourth-order valence-corrected chi connectivity index (χ4v) is 2.01. The van der Waals surface area contributed by atoms with Crippen molar-refractivity contribution in [3.05, 3.63) is 34.2 Å². The van der Waals surface area contributed by atoms with Gasteiger partial charge in [-0.25, -0.2) is 4.79 Å². The van der Waals surface area contributed by atoms with Crippen LogP contribution in [0.15, 0.2) is 27.4 Å². The van der Waals surface area contributed by atoms with Crippen LogP contribution in [0.4, 0.5) is 0 Å². The van der Waals surface area contributed by atoms with Crippen LogP contribution in [0.3, 0.4) is 0 Å². The molecule has 20 heavy (non-hydrogen) atoms. The van der Waals surface area contributed by atoms with Crippen LogP contribution in [0.25, 0.3) is 11.0 Å². The van der Waals surface area contributed by atoms with Gasteiger partial charge >= 0.3 is 11.6 Å². The Kier molecular flexibility index (Phi) is 3.93. The molecule has 2 rings (SSSR count). The van der Waals surface area contributed by atoms with E-state index in [0.717, 1.165) is 0 Å². The maximum absolute atomic E-state index is 11.5. The van der Waals surface area contributed by atoms with Gasteiger partial charge in [-0.05, 0) is 6.07 Å². The Morgan fingerprint density at radius 1 is 1.20 bits per heavy atom. The number of rotatable bonds is 4. The number of hydrogen-bond acceptors (Lipinski definition) is 6. The van der Waals surface area contributed by atoms with Crippen molar-refractivity contribution in [2.75, 3.05) is 21.3 Å². The van der Waals surface area contributed by atoms with Gasteiger partial charge in [0.15, 0.2) is 0 Å². The summed E-state index contributed by atoms with van der Waals surface area (Å²) in [6, 6.07) is 4.43. The van der Waals surface area contributed by atoms with Crippen LogP contribution >= 0.6 is 0 Å². The Hall–Kier alpha value is -2.50. The second-order valence-electron chi connectivity index (χ2n) is 4.01. The average Bonchev–Trinajstić information content (AvgIpc) is 2.46. The lowest BCUT2D eigenvalue weighted by molar-refractivity contribution is -0.139. The minimum Gasteiger partial charge on any atom is -0.496 e. The minimum absolute atomic E-state index is 0.00207. The van der Waals surface area contributed by atoms with Crippen LogP contribution in [0.2, 0.25) is 0 Å². The van der Waals surface area contributed by atoms with E-state index in [1.807, 2.05) is 0 Å². The fourth-order valence-electron chi connectivity index (χ4n) is 2.01. The minimum atomic E-state index is -0.470. The first-order chi connectivity index (χ1) is 9.60. The van der Waals surface area contributed by atoms with E-state index in [4.69, 9.17) is 13.9 Å². The number of fused-ring (bicyclic) bond motifs is 1. The molecule has 0 N–H and O–H groups in total. The molecule has 0 aliphatic heterocycles. The summed E-state index contributed by atoms with van der Waals surface area (Å²) < 4.78 is 20.3. The van der Waals surface area contributed by atoms with Gasteiger partial charge in [0.1, 0.15) is 17.1 Å². The zero-order valence-electron chi connectivity index (χ0n) is 11.4. The van der Waals surface area contributed by atoms with Crippen molar-refractivity contribution in [3.63, 3.8) is 0 Å². The van der Waals surface area contributed by atoms with E-state index in [1.165, 1.54) is 27.4 Å². The third kappa shape index (κ3) is 2.45. The lowest BCUT2D eigenvalue weighted by Crippen LogP contribution is -2.08. The van der Waals surface area contributed by atoms with E-state index >= 15 is 0 Å². The van der Waals surface area contributed by atoms with Crippen LogP contribution in [0.1, 0.15) is 5.56 Å². The number of esters is 1. The number of carbonyl (C=O) groups excluding carboxylic acids is 1. The van der Waals surface area contributed by atoms with Crippen molar-refractivity contribution in [3.8, 4) is 11.5 Å². The monoisotopic (exact) mass is 278 g/mol. The Labute approximate surface area is 114 Å². The molecule has 0 aliphatic rings. The largest absolute Gasteiger partial charge is 0.496 e. The molecule has 0 bridgehead atoms. The molecular formula is C14H14O6. The van der Waals surface area contributed by atoms with Crippen LogP contribution in [-0.4, -0.2) is 27.3 Å². The van der Waals surface area contributed by atoms with Crippen molar-refractivity contribution in [1.82, 2.24) is 0 Å². The average molecular weight is 278 g/mol. The topological polar surface area (TPSA) is 75.0 Å². The Morgan fingerprint density at radius 2 is 1.95 bits per heavy atom. The summed E-state index contributed by atoms with van der Waals surface area (Å²) in [6.45, 7) is 0. The zero-order chi connectivity index (χ0) is 14.7. The van der Waals surface area contributed by atoms with Gasteiger partial charge in [0.25, 0.3) is 0 Å². The van der Waals surface area contributed by atoms with Gasteiger partial charge in [0.05, 0.1) is 33.1 Å². The predicted molar refractivity (Wildman–Crippen MR) is 71.3 cm³/mol. The van der Waals surface area contributed by atoms with Crippen molar-refractivity contribution >= 4 is 16.9 Å². The van der Waals surface area contributed by atoms with E-state index in [2.05, 4.69) is 4.74 Å². The molecule has 6 heteroatoms. The van der Waals surface area contributed by atoms with Crippen molar-refractivity contribution in [2.45, 2.75) is 6.42 Å². The molecule has 0 saturated heterocycles. The molecule has 0 saturated carbocycles. The maximum atomic E-state index is 11.5. The predicted octanol–water partition coefficient (Wildman–Crippen LogP) is 1.53. The molecule has 0 unspecified atom stereocenters. The van der Waals surface area contributed by atoms with Crippen LogP contribution in [0.5, 0.6) is 11.5 Å². The molecule has 0 radical (unpaired) electrons. The Bertz CT molecular complexity index is 701. The molecule has 6 nitrogen and oxygen atoms in total. The third-order valence-corrected chi connectivity index (χ3v) is 2.91. The lowest BCUT2D eigenvalue weighted by atomic mass is 10.1. The second-order valence-corrected chi connectivity index (χ2v) is 4.01. The summed E-state index contributed by atoms with van der Waals surface area (Å²) in [5.41, 5.74) is 0.408. The maximum Gasteiger partial charge on any atom is 0.336 e. The molecule has 0 atom stereocenters. The first-order valence-electron chi connectivity index (χ1n) is 5.85. The second kappa shape index (κ2) is 5.64. The van der Waals surface area contributed by atoms with Gasteiger partial charge in [-0.1, -0.05) is 0 Å². The number of methoxy groups -OCH3 is 3. The van der Waals surface area contributed by atoms with Crippen LogP contribution < -0.4 is 15.1 Å². The first kappa shape index (κ1) is 13.9. The fraction of sp³-hybridized carbons (Fsp3) is 0.286. The SMILES string of the molecule is COC(=O)Cc1c(OC)cc2oc(=O)ccc2c1OC. The molecule has 0 aliphatic carbocycles. The molecule has 1 aromatic carbocycles. The smallest absolute Gasteiger partial charge is 0.336 e. The number of carbonyl (C=O) groups is 1. The van der Waals surface area contributed by atoms with E-state index in [0.29, 0.717) is 28.0 Å². The summed E-state index contributed by atoms with van der Waals surface area (Å²) in [6.07, 6.45) is -0.00207. The Balaban J connectivity index is 2.73. The van der Waals surface area contributed by atoms with Gasteiger partial charge in [-0.15, -0.1) is 0 Å². The standard InChI is InChI=1S/C14H14O6/c1-17-10-7-11-8(4-5-12(15)20-11)14(19-3)9(10)6-13(16)18-2/h4-5,7H,6H2,1-3H3. The molecule has 1 aromatic heterocycles. The molecule has 0 amide bonds. The molecule has 0 fully saturated rings. The number of hydrogen-bond donors (Lipinski definition) is 0. The molecule has 106 valence electrons. The van der Waals surface area contributed by atoms with Gasteiger partial charge in [-0.3, -0.25) is 4.79 Å². The molecule has 0 spiro atoms. The van der Waals surface area contributed by atoms with E-state index in [1.54, 1.807) is 12.1 Å². The van der Waals surface area contributed by atoms with E-state index < -0.39 is 11.6 Å². The molecule has 2 aromatic rings. The van der Waals surface area contributed by atoms with Crippen molar-refractivity contribution in [1.29, 1.82) is 0 Å². The van der Waals surface area contributed by atoms with Gasteiger partial charge in [0.2, 0.25) is 0 Å². The van der Waals surface area contributed by atoms with Crippen LogP contribution in [0, 0.1) is 0 Å². The normalized spacial score (nSPS) is 10.3. The highest BCUT2D eigenvalue weighted by Crippen LogP contribution is 2.36. The van der Waals surface area contributed by atoms with Gasteiger partial charge in [-0.2, -0.15) is 0 Å². The quantitative estimate of drug-likeness (QED) is 0.623. The van der Waals surface area contributed by atoms with E-state index in [9.17, 15) is 9.59 Å². The Morgan fingerprint density at radius 3 is 2.55 bits per heavy atom. The van der Waals surface area contributed by atoms with Crippen LogP contribution in [-0.2, 0) is 16.0 Å². The highest BCUT2D eigenvalue weighted by atomic mass is 16.5. The summed E-state index contributed by atoms with van der Waals surface area (Å²) >= 11 is 0. The molecule has 1 heterocycles.